The van der Waals surface area contributed by atoms with E-state index < -0.39 is 29.6 Å². The number of carbonyl (C=O) groups excluding carboxylic acids is 3. The molecule has 2 atom stereocenters. The number of esters is 1. The molecule has 43 heavy (non-hydrogen) atoms. The van der Waals surface area contributed by atoms with Gasteiger partial charge in [-0.3, -0.25) is 4.79 Å². The Labute approximate surface area is 250 Å². The lowest BCUT2D eigenvalue weighted by atomic mass is 9.90. The van der Waals surface area contributed by atoms with Crippen molar-refractivity contribution < 1.29 is 33.7 Å². The maximum absolute atomic E-state index is 13.7. The molecule has 0 spiro atoms. The average Bonchev–Trinajstić information content (AvgIpc) is 3.03. The van der Waals surface area contributed by atoms with Crippen molar-refractivity contribution in [1.29, 1.82) is 0 Å². The maximum atomic E-state index is 13.7. The van der Waals surface area contributed by atoms with Gasteiger partial charge in [0, 0.05) is 0 Å². The number of rotatable bonds is 12. The molecular weight excluding hydrogens is 548 g/mol. The van der Waals surface area contributed by atoms with E-state index in [-0.39, 0.29) is 36.9 Å². The lowest BCUT2D eigenvalue weighted by Gasteiger charge is -2.31. The van der Waals surface area contributed by atoms with Crippen LogP contribution in [0.2, 0.25) is 0 Å². The number of hydrogen-bond acceptors (Lipinski definition) is 7. The summed E-state index contributed by atoms with van der Waals surface area (Å²) in [6.07, 6.45) is -0.861. The molecule has 4 rings (SSSR count). The van der Waals surface area contributed by atoms with Crippen LogP contribution >= 0.6 is 0 Å². The minimum atomic E-state index is -1.74. The van der Waals surface area contributed by atoms with Gasteiger partial charge in [0.2, 0.25) is 0 Å². The zero-order chi connectivity index (χ0) is 30.7. The molecular formula is C34H34N2O7. The predicted octanol–water partition coefficient (Wildman–Crippen LogP) is 5.36. The van der Waals surface area contributed by atoms with Gasteiger partial charge < -0.3 is 30.0 Å². The Morgan fingerprint density at radius 3 is 1.81 bits per heavy atom. The number of alkyl carbamates (subject to hydrolysis) is 1. The van der Waals surface area contributed by atoms with Crippen molar-refractivity contribution in [2.24, 2.45) is 0 Å². The van der Waals surface area contributed by atoms with Gasteiger partial charge in [0.25, 0.3) is 5.91 Å². The molecule has 0 radical (unpaired) electrons. The fourth-order valence-corrected chi connectivity index (χ4v) is 4.15. The van der Waals surface area contributed by atoms with Gasteiger partial charge in [0.1, 0.15) is 31.4 Å². The highest BCUT2D eigenvalue weighted by Gasteiger charge is 2.39. The molecule has 0 unspecified atom stereocenters. The minimum absolute atomic E-state index is 0.0202. The molecule has 0 heterocycles. The Morgan fingerprint density at radius 1 is 0.744 bits per heavy atom. The molecule has 0 aliphatic heterocycles. The first-order chi connectivity index (χ1) is 20.7. The fourth-order valence-electron chi connectivity index (χ4n) is 4.15. The van der Waals surface area contributed by atoms with Crippen LogP contribution in [0.5, 0.6) is 11.5 Å². The summed E-state index contributed by atoms with van der Waals surface area (Å²) in [6, 6.07) is 30.9. The van der Waals surface area contributed by atoms with Crippen LogP contribution in [-0.2, 0) is 44.4 Å². The van der Waals surface area contributed by atoms with E-state index in [1.807, 2.05) is 78.9 Å². The first-order valence-electron chi connectivity index (χ1n) is 13.7. The van der Waals surface area contributed by atoms with Crippen LogP contribution in [0.4, 0.5) is 4.79 Å². The van der Waals surface area contributed by atoms with E-state index in [9.17, 15) is 19.5 Å². The fraction of sp³-hybridized carbons (Fsp3) is 0.206. The molecule has 9 nitrogen and oxygen atoms in total. The molecule has 0 bridgehead atoms. The van der Waals surface area contributed by atoms with Crippen molar-refractivity contribution in [1.82, 2.24) is 10.6 Å². The zero-order valence-corrected chi connectivity index (χ0v) is 24.0. The van der Waals surface area contributed by atoms with Crippen molar-refractivity contribution in [2.45, 2.75) is 45.2 Å². The van der Waals surface area contributed by atoms with Crippen LogP contribution in [0, 0.1) is 0 Å². The third-order valence-electron chi connectivity index (χ3n) is 6.72. The number of benzene rings is 4. The first-order valence-corrected chi connectivity index (χ1v) is 13.7. The molecule has 0 saturated carbocycles. The smallest absolute Gasteiger partial charge is 0.408 e. The predicted molar refractivity (Wildman–Crippen MR) is 160 cm³/mol. The Bertz CT molecular complexity index is 1510. The van der Waals surface area contributed by atoms with Gasteiger partial charge in [-0.25, -0.2) is 9.59 Å². The lowest BCUT2D eigenvalue weighted by Crippen LogP contribution is -2.57. The van der Waals surface area contributed by atoms with Crippen LogP contribution in [0.3, 0.4) is 0 Å². The third kappa shape index (κ3) is 8.59. The number of phenols is 1. The number of hydrogen-bond donors (Lipinski definition) is 3. The van der Waals surface area contributed by atoms with Crippen LogP contribution in [0.25, 0.3) is 0 Å². The molecule has 0 aromatic heterocycles. The lowest BCUT2D eigenvalue weighted by molar-refractivity contribution is -0.149. The Balaban J connectivity index is 1.52. The molecule has 0 fully saturated rings. The second-order valence-corrected chi connectivity index (χ2v) is 10.1. The highest BCUT2D eigenvalue weighted by atomic mass is 16.5. The van der Waals surface area contributed by atoms with Gasteiger partial charge in [-0.2, -0.15) is 0 Å². The zero-order valence-electron chi connectivity index (χ0n) is 24.0. The normalized spacial score (nSPS) is 12.7. The highest BCUT2D eigenvalue weighted by molar-refractivity contribution is 5.93. The van der Waals surface area contributed by atoms with Crippen LogP contribution in [0.15, 0.2) is 109 Å². The van der Waals surface area contributed by atoms with Gasteiger partial charge in [-0.05, 0) is 48.2 Å². The van der Waals surface area contributed by atoms with Crippen LogP contribution in [0.1, 0.15) is 36.1 Å². The largest absolute Gasteiger partial charge is 0.504 e. The van der Waals surface area contributed by atoms with Crippen LogP contribution < -0.4 is 15.4 Å². The van der Waals surface area contributed by atoms with Gasteiger partial charge >= 0.3 is 12.1 Å². The SMILES string of the molecule is C[C@H](NC(=O)[C@@](C)(NC(=O)OCc1ccccc1)c1ccc(O)c(OCc2ccccc2)c1)C(=O)OCc1ccccc1. The summed E-state index contributed by atoms with van der Waals surface area (Å²) in [5, 5.41) is 15.8. The minimum Gasteiger partial charge on any atom is -0.504 e. The molecule has 3 N–H and O–H groups in total. The van der Waals surface area contributed by atoms with Gasteiger partial charge in [-0.15, -0.1) is 0 Å². The van der Waals surface area contributed by atoms with Crippen molar-refractivity contribution in [3.05, 3.63) is 131 Å². The summed E-state index contributed by atoms with van der Waals surface area (Å²) in [7, 11) is 0. The van der Waals surface area contributed by atoms with Crippen LogP contribution in [-0.4, -0.2) is 29.1 Å². The molecule has 4 aromatic carbocycles. The summed E-state index contributed by atoms with van der Waals surface area (Å²) in [6.45, 7) is 3.15. The number of ether oxygens (including phenoxy) is 3. The van der Waals surface area contributed by atoms with E-state index in [0.717, 1.165) is 16.7 Å². The second-order valence-electron chi connectivity index (χ2n) is 10.1. The Morgan fingerprint density at radius 2 is 1.26 bits per heavy atom. The average molecular weight is 583 g/mol. The highest BCUT2D eigenvalue weighted by Crippen LogP contribution is 2.33. The van der Waals surface area contributed by atoms with Crippen molar-refractivity contribution >= 4 is 18.0 Å². The first kappa shape index (κ1) is 30.6. The molecule has 0 saturated heterocycles. The topological polar surface area (TPSA) is 123 Å². The number of nitrogens with one attached hydrogen (secondary N) is 2. The molecule has 4 aromatic rings. The molecule has 0 aliphatic rings. The van der Waals surface area contributed by atoms with Gasteiger partial charge in [-0.1, -0.05) is 97.1 Å². The quantitative estimate of drug-likeness (QED) is 0.192. The number of aromatic hydroxyl groups is 1. The van der Waals surface area contributed by atoms with Crippen molar-refractivity contribution in [3.8, 4) is 11.5 Å². The molecule has 2 amide bonds. The number of phenolic OH excluding ortho intramolecular Hbond substituents is 1. The summed E-state index contributed by atoms with van der Waals surface area (Å²) in [5.41, 5.74) is 0.986. The van der Waals surface area contributed by atoms with Gasteiger partial charge in [0.05, 0.1) is 0 Å². The Hall–Kier alpha value is -5.31. The van der Waals surface area contributed by atoms with Crippen molar-refractivity contribution in [2.75, 3.05) is 0 Å². The monoisotopic (exact) mass is 582 g/mol. The summed E-state index contributed by atoms with van der Waals surface area (Å²) in [5.74, 6) is -1.39. The third-order valence-corrected chi connectivity index (χ3v) is 6.72. The molecule has 222 valence electrons. The van der Waals surface area contributed by atoms with E-state index >= 15 is 0 Å². The second kappa shape index (κ2) is 14.5. The number of carbonyl (C=O) groups is 3. The molecule has 9 heteroatoms. The van der Waals surface area contributed by atoms with Gasteiger partial charge in [0.15, 0.2) is 11.5 Å². The van der Waals surface area contributed by atoms with E-state index in [2.05, 4.69) is 10.6 Å². The van der Waals surface area contributed by atoms with E-state index in [1.165, 1.54) is 32.0 Å². The summed E-state index contributed by atoms with van der Waals surface area (Å²) >= 11 is 0. The summed E-state index contributed by atoms with van der Waals surface area (Å²) < 4.78 is 16.6. The standard InChI is InChI=1S/C34H34N2O7/c1-24(31(38)42-22-26-14-8-4-9-15-26)35-32(39)34(2,36-33(40)43-23-27-16-10-5-11-17-27)28-18-19-29(37)30(20-28)41-21-25-12-6-3-7-13-25/h3-20,24,37H,21-23H2,1-2H3,(H,35,39)(H,36,40)/t24-,34-/m0/s1. The molecule has 0 aliphatic carbocycles. The van der Waals surface area contributed by atoms with E-state index in [4.69, 9.17) is 14.2 Å². The number of amides is 2. The van der Waals surface area contributed by atoms with E-state index in [0.29, 0.717) is 0 Å². The maximum Gasteiger partial charge on any atom is 0.408 e. The van der Waals surface area contributed by atoms with Crippen molar-refractivity contribution in [3.63, 3.8) is 0 Å². The Kier molecular flexibility index (Phi) is 10.4. The van der Waals surface area contributed by atoms with E-state index in [1.54, 1.807) is 12.1 Å². The summed E-state index contributed by atoms with van der Waals surface area (Å²) in [4.78, 5) is 39.4.